The molecule has 3 heterocycles. The molecule has 1 N–H and O–H groups in total. The largest absolute Gasteiger partial charge is 0.382 e. The van der Waals surface area contributed by atoms with Crippen molar-refractivity contribution in [3.8, 4) is 0 Å². The van der Waals surface area contributed by atoms with Crippen LogP contribution in [0.5, 0.6) is 0 Å². The topological polar surface area (TPSA) is 62.8 Å². The van der Waals surface area contributed by atoms with Gasteiger partial charge in [-0.25, -0.2) is 9.97 Å². The van der Waals surface area contributed by atoms with Gasteiger partial charge in [0, 0.05) is 46.4 Å². The molecule has 7 heteroatoms. The van der Waals surface area contributed by atoms with Crippen LogP contribution < -0.4 is 15.1 Å². The molecule has 0 aliphatic carbocycles. The average Bonchev–Trinajstić information content (AvgIpc) is 2.51. The summed E-state index contributed by atoms with van der Waals surface area (Å²) in [7, 11) is 1.68. The molecule has 21 heavy (non-hydrogen) atoms. The molecule has 1 aromatic heterocycles. The van der Waals surface area contributed by atoms with Gasteiger partial charge in [0.25, 0.3) is 0 Å². The number of piperazine rings is 1. The van der Waals surface area contributed by atoms with Gasteiger partial charge in [-0.3, -0.25) is 0 Å². The first-order chi connectivity index (χ1) is 10.4. The molecular weight excluding hydrogens is 270 g/mol. The van der Waals surface area contributed by atoms with Gasteiger partial charge in [-0.05, 0) is 0 Å². The number of aromatic nitrogens is 2. The summed E-state index contributed by atoms with van der Waals surface area (Å²) in [5.41, 5.74) is 1.11. The molecule has 0 spiro atoms. The van der Waals surface area contributed by atoms with Gasteiger partial charge >= 0.3 is 0 Å². The number of anilines is 2. The molecule has 2 saturated heterocycles. The summed E-state index contributed by atoms with van der Waals surface area (Å²) in [4.78, 5) is 13.4. The van der Waals surface area contributed by atoms with Gasteiger partial charge in [0.15, 0.2) is 0 Å². The van der Waals surface area contributed by atoms with Gasteiger partial charge in [0.05, 0.1) is 37.4 Å². The van der Waals surface area contributed by atoms with Gasteiger partial charge in [-0.1, -0.05) is 0 Å². The van der Waals surface area contributed by atoms with E-state index in [0.717, 1.165) is 50.9 Å². The minimum absolute atomic E-state index is 0.275. The van der Waals surface area contributed by atoms with Crippen LogP contribution in [0.3, 0.4) is 0 Å². The van der Waals surface area contributed by atoms with Crippen molar-refractivity contribution in [2.24, 2.45) is 0 Å². The number of methoxy groups -OCH3 is 1. The summed E-state index contributed by atoms with van der Waals surface area (Å²) < 4.78 is 10.6. The third-order valence-electron chi connectivity index (χ3n) is 3.88. The van der Waals surface area contributed by atoms with Crippen LogP contribution in [0.2, 0.25) is 0 Å². The number of nitrogens with one attached hydrogen (secondary N) is 1. The fourth-order valence-corrected chi connectivity index (χ4v) is 2.57. The molecule has 0 radical (unpaired) electrons. The number of hydrogen-bond donors (Lipinski definition) is 1. The van der Waals surface area contributed by atoms with Crippen LogP contribution in [0.1, 0.15) is 0 Å². The number of nitrogens with zero attached hydrogens (tertiary/aromatic N) is 4. The summed E-state index contributed by atoms with van der Waals surface area (Å²) >= 11 is 0. The molecule has 116 valence electrons. The van der Waals surface area contributed by atoms with E-state index >= 15 is 0 Å². The molecule has 0 atom stereocenters. The Hall–Kier alpha value is -1.44. The van der Waals surface area contributed by atoms with Crippen LogP contribution in [-0.2, 0) is 9.47 Å². The maximum Gasteiger partial charge on any atom is 0.225 e. The van der Waals surface area contributed by atoms with E-state index in [-0.39, 0.29) is 6.10 Å². The van der Waals surface area contributed by atoms with Crippen molar-refractivity contribution in [2.75, 3.05) is 69.4 Å². The Morgan fingerprint density at radius 2 is 1.86 bits per heavy atom. The highest BCUT2D eigenvalue weighted by Crippen LogP contribution is 2.20. The second-order valence-electron chi connectivity index (χ2n) is 5.37. The fourth-order valence-electron chi connectivity index (χ4n) is 2.57. The van der Waals surface area contributed by atoms with Crippen molar-refractivity contribution in [2.45, 2.75) is 6.10 Å². The first-order valence-corrected chi connectivity index (χ1v) is 7.50. The highest BCUT2D eigenvalue weighted by atomic mass is 16.5. The molecule has 0 amide bonds. The molecule has 2 aliphatic rings. The Morgan fingerprint density at radius 3 is 2.52 bits per heavy atom. The second-order valence-corrected chi connectivity index (χ2v) is 5.37. The second kappa shape index (κ2) is 7.02. The zero-order valence-electron chi connectivity index (χ0n) is 12.5. The van der Waals surface area contributed by atoms with Crippen LogP contribution in [0.15, 0.2) is 12.4 Å². The van der Waals surface area contributed by atoms with E-state index in [1.165, 1.54) is 0 Å². The van der Waals surface area contributed by atoms with Gasteiger partial charge in [-0.15, -0.1) is 0 Å². The van der Waals surface area contributed by atoms with E-state index in [9.17, 15) is 0 Å². The van der Waals surface area contributed by atoms with E-state index in [1.807, 2.05) is 12.4 Å². The normalized spacial score (nSPS) is 19.7. The Kier molecular flexibility index (Phi) is 4.84. The summed E-state index contributed by atoms with van der Waals surface area (Å²) in [5.74, 6) is 0.792. The van der Waals surface area contributed by atoms with Gasteiger partial charge in [0.1, 0.15) is 0 Å². The Bertz CT molecular complexity index is 429. The molecule has 0 saturated carbocycles. The maximum atomic E-state index is 5.65. The number of ether oxygens (including phenoxy) is 2. The first kappa shape index (κ1) is 14.5. The minimum atomic E-state index is 0.275. The van der Waals surface area contributed by atoms with Crippen molar-refractivity contribution in [1.29, 1.82) is 0 Å². The SMILES string of the molecule is COCCOC1CN(c2ncc(N3CCNCC3)cn2)C1. The van der Waals surface area contributed by atoms with E-state index in [4.69, 9.17) is 9.47 Å². The summed E-state index contributed by atoms with van der Waals surface area (Å²) in [6.45, 7) is 7.09. The lowest BCUT2D eigenvalue weighted by Gasteiger charge is -2.39. The van der Waals surface area contributed by atoms with Crippen molar-refractivity contribution >= 4 is 11.6 Å². The summed E-state index contributed by atoms with van der Waals surface area (Å²) in [5, 5.41) is 3.34. The van der Waals surface area contributed by atoms with Crippen molar-refractivity contribution in [3.63, 3.8) is 0 Å². The summed E-state index contributed by atoms with van der Waals surface area (Å²) in [6, 6.07) is 0. The van der Waals surface area contributed by atoms with E-state index in [0.29, 0.717) is 13.2 Å². The zero-order valence-corrected chi connectivity index (χ0v) is 12.5. The molecule has 3 rings (SSSR count). The van der Waals surface area contributed by atoms with Crippen LogP contribution in [-0.4, -0.2) is 75.7 Å². The van der Waals surface area contributed by atoms with Crippen molar-refractivity contribution < 1.29 is 9.47 Å². The predicted molar refractivity (Wildman–Crippen MR) is 80.9 cm³/mol. The lowest BCUT2D eigenvalue weighted by Crippen LogP contribution is -2.53. The molecule has 2 aliphatic heterocycles. The molecule has 0 aromatic carbocycles. The first-order valence-electron chi connectivity index (χ1n) is 7.50. The quantitative estimate of drug-likeness (QED) is 0.725. The van der Waals surface area contributed by atoms with E-state index in [2.05, 4.69) is 25.1 Å². The van der Waals surface area contributed by atoms with E-state index < -0.39 is 0 Å². The fraction of sp³-hybridized carbons (Fsp3) is 0.714. The molecule has 0 bridgehead atoms. The lowest BCUT2D eigenvalue weighted by molar-refractivity contribution is 0.00350. The molecule has 2 fully saturated rings. The van der Waals surface area contributed by atoms with Crippen LogP contribution in [0.25, 0.3) is 0 Å². The van der Waals surface area contributed by atoms with Crippen LogP contribution >= 0.6 is 0 Å². The Labute approximate surface area is 125 Å². The average molecular weight is 293 g/mol. The standard InChI is InChI=1S/C14H23N5O2/c1-20-6-7-21-13-10-19(11-13)14-16-8-12(9-17-14)18-4-2-15-3-5-18/h8-9,13,15H,2-7,10-11H2,1H3. The highest BCUT2D eigenvalue weighted by Gasteiger charge is 2.29. The van der Waals surface area contributed by atoms with E-state index in [1.54, 1.807) is 7.11 Å². The Balaban J connectivity index is 1.47. The number of hydrogen-bond acceptors (Lipinski definition) is 7. The lowest BCUT2D eigenvalue weighted by atomic mass is 10.2. The van der Waals surface area contributed by atoms with Gasteiger partial charge in [0.2, 0.25) is 5.95 Å². The minimum Gasteiger partial charge on any atom is -0.382 e. The van der Waals surface area contributed by atoms with Gasteiger partial charge in [-0.2, -0.15) is 0 Å². The predicted octanol–water partition coefficient (Wildman–Crippen LogP) is -0.262. The Morgan fingerprint density at radius 1 is 1.14 bits per heavy atom. The van der Waals surface area contributed by atoms with Crippen molar-refractivity contribution in [3.05, 3.63) is 12.4 Å². The smallest absolute Gasteiger partial charge is 0.225 e. The monoisotopic (exact) mass is 293 g/mol. The molecular formula is C14H23N5O2. The summed E-state index contributed by atoms with van der Waals surface area (Å²) in [6.07, 6.45) is 4.12. The third-order valence-corrected chi connectivity index (χ3v) is 3.88. The third kappa shape index (κ3) is 3.61. The molecule has 0 unspecified atom stereocenters. The van der Waals surface area contributed by atoms with Gasteiger partial charge < -0.3 is 24.6 Å². The molecule has 7 nitrogen and oxygen atoms in total. The van der Waals surface area contributed by atoms with Crippen LogP contribution in [0.4, 0.5) is 11.6 Å². The van der Waals surface area contributed by atoms with Crippen LogP contribution in [0, 0.1) is 0 Å². The maximum absolute atomic E-state index is 5.65. The molecule has 1 aromatic rings. The van der Waals surface area contributed by atoms with Crippen molar-refractivity contribution in [1.82, 2.24) is 15.3 Å². The zero-order chi connectivity index (χ0) is 14.5. The highest BCUT2D eigenvalue weighted by molar-refractivity contribution is 5.46. The number of rotatable bonds is 6.